The van der Waals surface area contributed by atoms with Crippen molar-refractivity contribution in [2.24, 2.45) is 5.73 Å². The summed E-state index contributed by atoms with van der Waals surface area (Å²) in [6.45, 7) is 1.71. The third-order valence-electron chi connectivity index (χ3n) is 1.31. The predicted molar refractivity (Wildman–Crippen MR) is 51.6 cm³/mol. The lowest BCUT2D eigenvalue weighted by Crippen LogP contribution is -2.22. The van der Waals surface area contributed by atoms with Crippen LogP contribution < -0.4 is 5.73 Å². The number of carbonyl (C=O) groups excluding carboxylic acids is 1. The van der Waals surface area contributed by atoms with Crippen LogP contribution in [0.1, 0.15) is 6.92 Å². The van der Waals surface area contributed by atoms with Crippen LogP contribution in [0.4, 0.5) is 0 Å². The van der Waals surface area contributed by atoms with Gasteiger partial charge in [-0.05, 0) is 19.1 Å². The Labute approximate surface area is 84.9 Å². The normalized spacial score (nSPS) is 12.5. The smallest absolute Gasteiger partial charge is 0.230 e. The fourth-order valence-corrected chi connectivity index (χ4v) is 1.42. The van der Waals surface area contributed by atoms with Gasteiger partial charge in [-0.15, -0.1) is 10.2 Å². The molecule has 2 N–H and O–H groups in total. The topological polar surface area (TPSA) is 68.9 Å². The van der Waals surface area contributed by atoms with E-state index in [1.54, 1.807) is 19.1 Å². The molecule has 1 aromatic rings. The quantitative estimate of drug-likeness (QED) is 0.770. The second kappa shape index (κ2) is 4.43. The van der Waals surface area contributed by atoms with Crippen molar-refractivity contribution in [3.8, 4) is 0 Å². The summed E-state index contributed by atoms with van der Waals surface area (Å²) in [6, 6.07) is 3.31. The average molecular weight is 218 g/mol. The molecule has 0 radical (unpaired) electrons. The SMILES string of the molecule is CC(Sc1ccc(Cl)nn1)C(N)=O. The highest BCUT2D eigenvalue weighted by molar-refractivity contribution is 8.00. The van der Waals surface area contributed by atoms with Gasteiger partial charge in [0.2, 0.25) is 5.91 Å². The molecule has 4 nitrogen and oxygen atoms in total. The maximum atomic E-state index is 10.7. The Hall–Kier alpha value is -0.810. The molecule has 0 bridgehead atoms. The van der Waals surface area contributed by atoms with E-state index in [1.807, 2.05) is 0 Å². The van der Waals surface area contributed by atoms with Crippen LogP contribution in [0.3, 0.4) is 0 Å². The summed E-state index contributed by atoms with van der Waals surface area (Å²) in [7, 11) is 0. The minimum Gasteiger partial charge on any atom is -0.369 e. The summed E-state index contributed by atoms with van der Waals surface area (Å²) in [5.74, 6) is -0.373. The number of halogens is 1. The van der Waals surface area contributed by atoms with Gasteiger partial charge in [0.1, 0.15) is 5.03 Å². The van der Waals surface area contributed by atoms with E-state index in [0.717, 1.165) is 0 Å². The van der Waals surface area contributed by atoms with Gasteiger partial charge in [0.25, 0.3) is 0 Å². The zero-order chi connectivity index (χ0) is 9.84. The first-order valence-corrected chi connectivity index (χ1v) is 4.80. The standard InChI is InChI=1S/C7H8ClN3OS/c1-4(7(9)12)13-6-3-2-5(8)10-11-6/h2-4H,1H3,(H2,9,12). The van der Waals surface area contributed by atoms with Crippen LogP contribution in [0, 0.1) is 0 Å². The molecule has 0 aromatic carbocycles. The Morgan fingerprint density at radius 2 is 2.31 bits per heavy atom. The fraction of sp³-hybridized carbons (Fsp3) is 0.286. The van der Waals surface area contributed by atoms with Gasteiger partial charge in [-0.3, -0.25) is 4.79 Å². The lowest BCUT2D eigenvalue weighted by molar-refractivity contribution is -0.117. The molecule has 0 spiro atoms. The summed E-state index contributed by atoms with van der Waals surface area (Å²) in [6.07, 6.45) is 0. The van der Waals surface area contributed by atoms with Crippen molar-refractivity contribution in [3.05, 3.63) is 17.3 Å². The molecule has 6 heteroatoms. The van der Waals surface area contributed by atoms with Gasteiger partial charge in [-0.25, -0.2) is 0 Å². The van der Waals surface area contributed by atoms with Crippen LogP contribution in [0.5, 0.6) is 0 Å². The van der Waals surface area contributed by atoms with E-state index in [0.29, 0.717) is 10.2 Å². The molecule has 1 amide bonds. The fourth-order valence-electron chi connectivity index (χ4n) is 0.606. The Kier molecular flexibility index (Phi) is 3.50. The molecule has 0 fully saturated rings. The zero-order valence-corrected chi connectivity index (χ0v) is 8.47. The highest BCUT2D eigenvalue weighted by Crippen LogP contribution is 2.20. The molecule has 1 rings (SSSR count). The van der Waals surface area contributed by atoms with Gasteiger partial charge < -0.3 is 5.73 Å². The Balaban J connectivity index is 2.64. The van der Waals surface area contributed by atoms with Crippen LogP contribution in [0.25, 0.3) is 0 Å². The molecular formula is C7H8ClN3OS. The van der Waals surface area contributed by atoms with E-state index in [2.05, 4.69) is 10.2 Å². The molecule has 0 aliphatic heterocycles. The number of thioether (sulfide) groups is 1. The number of hydrogen-bond acceptors (Lipinski definition) is 4. The first kappa shape index (κ1) is 10.3. The molecule has 0 saturated heterocycles. The summed E-state index contributed by atoms with van der Waals surface area (Å²) in [5, 5.41) is 8.06. The average Bonchev–Trinajstić information content (AvgIpc) is 2.08. The van der Waals surface area contributed by atoms with Crippen LogP contribution in [0.15, 0.2) is 17.2 Å². The van der Waals surface area contributed by atoms with E-state index < -0.39 is 0 Å². The number of nitrogens with two attached hydrogens (primary N) is 1. The van der Waals surface area contributed by atoms with Gasteiger partial charge in [-0.2, -0.15) is 0 Å². The van der Waals surface area contributed by atoms with Crippen LogP contribution in [-0.4, -0.2) is 21.4 Å². The summed E-state index contributed by atoms with van der Waals surface area (Å²) in [5.41, 5.74) is 5.08. The number of rotatable bonds is 3. The third-order valence-corrected chi connectivity index (χ3v) is 2.55. The minimum atomic E-state index is -0.373. The van der Waals surface area contributed by atoms with Crippen molar-refractivity contribution in [1.29, 1.82) is 0 Å². The van der Waals surface area contributed by atoms with Crippen molar-refractivity contribution in [3.63, 3.8) is 0 Å². The number of aromatic nitrogens is 2. The maximum absolute atomic E-state index is 10.7. The van der Waals surface area contributed by atoms with Crippen LogP contribution in [-0.2, 0) is 4.79 Å². The number of nitrogens with zero attached hydrogens (tertiary/aromatic N) is 2. The molecule has 0 aliphatic carbocycles. The molecule has 13 heavy (non-hydrogen) atoms. The molecule has 70 valence electrons. The third kappa shape index (κ3) is 3.20. The molecule has 1 aromatic heterocycles. The molecule has 1 heterocycles. The second-order valence-corrected chi connectivity index (χ2v) is 4.11. The lowest BCUT2D eigenvalue weighted by atomic mass is 10.5. The molecule has 1 atom stereocenters. The highest BCUT2D eigenvalue weighted by Gasteiger charge is 2.10. The van der Waals surface area contributed by atoms with Crippen LogP contribution in [0.2, 0.25) is 5.15 Å². The first-order valence-electron chi connectivity index (χ1n) is 3.55. The molecule has 0 aliphatic rings. The van der Waals surface area contributed by atoms with E-state index in [-0.39, 0.29) is 11.2 Å². The van der Waals surface area contributed by atoms with Gasteiger partial charge >= 0.3 is 0 Å². The zero-order valence-electron chi connectivity index (χ0n) is 6.90. The first-order chi connectivity index (χ1) is 6.09. The molecular weight excluding hydrogens is 210 g/mol. The monoisotopic (exact) mass is 217 g/mol. The van der Waals surface area contributed by atoms with Gasteiger partial charge in [0.05, 0.1) is 5.25 Å². The second-order valence-electron chi connectivity index (χ2n) is 2.36. The lowest BCUT2D eigenvalue weighted by Gasteiger charge is -2.04. The predicted octanol–water partition coefficient (Wildman–Crippen LogP) is 1.10. The number of carbonyl (C=O) groups is 1. The van der Waals surface area contributed by atoms with Gasteiger partial charge in [0.15, 0.2) is 5.15 Å². The summed E-state index contributed by atoms with van der Waals surface area (Å²) in [4.78, 5) is 10.7. The molecule has 0 saturated carbocycles. The van der Waals surface area contributed by atoms with Gasteiger partial charge in [-0.1, -0.05) is 23.4 Å². The Morgan fingerprint density at radius 3 is 2.77 bits per heavy atom. The van der Waals surface area contributed by atoms with E-state index in [4.69, 9.17) is 17.3 Å². The Bertz CT molecular complexity index is 303. The van der Waals surface area contributed by atoms with Crippen molar-refractivity contribution in [1.82, 2.24) is 10.2 Å². The maximum Gasteiger partial charge on any atom is 0.230 e. The Morgan fingerprint density at radius 1 is 1.62 bits per heavy atom. The largest absolute Gasteiger partial charge is 0.369 e. The van der Waals surface area contributed by atoms with Crippen molar-refractivity contribution in [2.45, 2.75) is 17.2 Å². The minimum absolute atomic E-state index is 0.310. The summed E-state index contributed by atoms with van der Waals surface area (Å²) >= 11 is 6.79. The van der Waals surface area contributed by atoms with Crippen molar-refractivity contribution >= 4 is 29.3 Å². The summed E-state index contributed by atoms with van der Waals surface area (Å²) < 4.78 is 0. The number of amides is 1. The highest BCUT2D eigenvalue weighted by atomic mass is 35.5. The van der Waals surface area contributed by atoms with Crippen molar-refractivity contribution in [2.75, 3.05) is 0 Å². The number of primary amides is 1. The number of hydrogen-bond donors (Lipinski definition) is 1. The van der Waals surface area contributed by atoms with Crippen molar-refractivity contribution < 1.29 is 4.79 Å². The van der Waals surface area contributed by atoms with Crippen LogP contribution >= 0.6 is 23.4 Å². The van der Waals surface area contributed by atoms with E-state index in [9.17, 15) is 4.79 Å². The van der Waals surface area contributed by atoms with E-state index in [1.165, 1.54) is 11.8 Å². The van der Waals surface area contributed by atoms with E-state index >= 15 is 0 Å². The van der Waals surface area contributed by atoms with Gasteiger partial charge in [0, 0.05) is 0 Å². The molecule has 1 unspecified atom stereocenters.